The zero-order chi connectivity index (χ0) is 18.4. The third-order valence-corrected chi connectivity index (χ3v) is 5.00. The molecule has 0 radical (unpaired) electrons. The first-order valence-electron chi connectivity index (χ1n) is 9.48. The molecular formula is C22H28N2O2. The second kappa shape index (κ2) is 8.86. The average molecular weight is 352 g/mol. The van der Waals surface area contributed by atoms with E-state index < -0.39 is 0 Å². The minimum Gasteiger partial charge on any atom is -0.497 e. The van der Waals surface area contributed by atoms with Crippen molar-refractivity contribution in [2.24, 2.45) is 5.92 Å². The molecule has 26 heavy (non-hydrogen) atoms. The van der Waals surface area contributed by atoms with Crippen molar-refractivity contribution in [3.05, 3.63) is 48.5 Å². The summed E-state index contributed by atoms with van der Waals surface area (Å²) in [6.07, 6.45) is 3.20. The van der Waals surface area contributed by atoms with Crippen LogP contribution in [-0.2, 0) is 4.79 Å². The van der Waals surface area contributed by atoms with Gasteiger partial charge in [0.05, 0.1) is 13.0 Å². The lowest BCUT2D eigenvalue weighted by Gasteiger charge is -2.31. The van der Waals surface area contributed by atoms with Crippen molar-refractivity contribution in [2.75, 3.05) is 32.1 Å². The molecule has 1 heterocycles. The Hall–Kier alpha value is -2.33. The molecule has 0 spiro atoms. The van der Waals surface area contributed by atoms with Crippen LogP contribution in [0.5, 0.6) is 5.75 Å². The Morgan fingerprint density at radius 3 is 2.69 bits per heavy atom. The molecule has 0 aliphatic carbocycles. The van der Waals surface area contributed by atoms with E-state index in [2.05, 4.69) is 17.1 Å². The van der Waals surface area contributed by atoms with Crippen molar-refractivity contribution in [3.8, 4) is 16.9 Å². The van der Waals surface area contributed by atoms with Crippen LogP contribution in [0.15, 0.2) is 48.5 Å². The Morgan fingerprint density at radius 2 is 1.96 bits per heavy atom. The van der Waals surface area contributed by atoms with E-state index in [-0.39, 0.29) is 11.8 Å². The Kier molecular flexibility index (Phi) is 6.29. The molecule has 138 valence electrons. The van der Waals surface area contributed by atoms with Crippen molar-refractivity contribution in [3.63, 3.8) is 0 Å². The molecule has 3 rings (SSSR count). The maximum atomic E-state index is 12.8. The summed E-state index contributed by atoms with van der Waals surface area (Å²) >= 11 is 0. The zero-order valence-electron chi connectivity index (χ0n) is 15.7. The molecule has 2 aromatic rings. The first-order valence-corrected chi connectivity index (χ1v) is 9.48. The lowest BCUT2D eigenvalue weighted by molar-refractivity contribution is -0.121. The van der Waals surface area contributed by atoms with Gasteiger partial charge in [-0.05, 0) is 56.1 Å². The van der Waals surface area contributed by atoms with Gasteiger partial charge in [-0.1, -0.05) is 37.3 Å². The van der Waals surface area contributed by atoms with Crippen molar-refractivity contribution < 1.29 is 9.53 Å². The normalized spacial score (nSPS) is 17.7. The number of methoxy groups -OCH3 is 1. The minimum atomic E-state index is 0.0687. The van der Waals surface area contributed by atoms with E-state index in [1.54, 1.807) is 7.11 Å². The average Bonchev–Trinajstić information content (AvgIpc) is 2.69. The largest absolute Gasteiger partial charge is 0.497 e. The zero-order valence-corrected chi connectivity index (χ0v) is 15.7. The first-order chi connectivity index (χ1) is 12.7. The molecule has 4 heteroatoms. The Labute approximate surface area is 156 Å². The number of para-hydroxylation sites is 1. The summed E-state index contributed by atoms with van der Waals surface area (Å²) in [4.78, 5) is 15.2. The smallest absolute Gasteiger partial charge is 0.228 e. The number of hydrogen-bond donors (Lipinski definition) is 1. The van der Waals surface area contributed by atoms with Gasteiger partial charge in [-0.3, -0.25) is 4.79 Å². The molecule has 1 N–H and O–H groups in total. The fraction of sp³-hybridized carbons (Fsp3) is 0.409. The predicted molar refractivity (Wildman–Crippen MR) is 107 cm³/mol. The standard InChI is InChI=1S/C22H28N2O2/c1-3-14-24-15-6-7-18(16-24)22(25)23-21-9-5-4-8-20(21)17-10-12-19(26-2)13-11-17/h4-5,8-13,18H,3,6-7,14-16H2,1-2H3,(H,23,25). The fourth-order valence-corrected chi connectivity index (χ4v) is 3.64. The lowest BCUT2D eigenvalue weighted by atomic mass is 9.96. The van der Waals surface area contributed by atoms with Gasteiger partial charge < -0.3 is 15.0 Å². The number of benzene rings is 2. The van der Waals surface area contributed by atoms with Gasteiger partial charge in [-0.15, -0.1) is 0 Å². The Morgan fingerprint density at radius 1 is 1.19 bits per heavy atom. The minimum absolute atomic E-state index is 0.0687. The lowest BCUT2D eigenvalue weighted by Crippen LogP contribution is -2.41. The third-order valence-electron chi connectivity index (χ3n) is 5.00. The number of likely N-dealkylation sites (tertiary alicyclic amines) is 1. The highest BCUT2D eigenvalue weighted by Gasteiger charge is 2.25. The molecule has 1 fully saturated rings. The van der Waals surface area contributed by atoms with E-state index in [0.717, 1.165) is 61.5 Å². The van der Waals surface area contributed by atoms with Gasteiger partial charge in [0, 0.05) is 17.8 Å². The Balaban J connectivity index is 1.74. The second-order valence-corrected chi connectivity index (χ2v) is 6.90. The van der Waals surface area contributed by atoms with Crippen LogP contribution in [0.3, 0.4) is 0 Å². The van der Waals surface area contributed by atoms with Gasteiger partial charge in [0.1, 0.15) is 5.75 Å². The summed E-state index contributed by atoms with van der Waals surface area (Å²) in [5, 5.41) is 3.17. The molecular weight excluding hydrogens is 324 g/mol. The molecule has 1 aliphatic heterocycles. The summed E-state index contributed by atoms with van der Waals surface area (Å²) in [7, 11) is 1.66. The van der Waals surface area contributed by atoms with Crippen molar-refractivity contribution >= 4 is 11.6 Å². The van der Waals surface area contributed by atoms with Crippen LogP contribution in [0.1, 0.15) is 26.2 Å². The van der Waals surface area contributed by atoms with Crippen molar-refractivity contribution in [1.82, 2.24) is 4.90 Å². The van der Waals surface area contributed by atoms with Crippen LogP contribution < -0.4 is 10.1 Å². The summed E-state index contributed by atoms with van der Waals surface area (Å²) in [5.74, 6) is 1.03. The van der Waals surface area contributed by atoms with Crippen LogP contribution in [0, 0.1) is 5.92 Å². The van der Waals surface area contributed by atoms with Gasteiger partial charge in [-0.2, -0.15) is 0 Å². The number of hydrogen-bond acceptors (Lipinski definition) is 3. The molecule has 1 saturated heterocycles. The number of carbonyl (C=O) groups is 1. The van der Waals surface area contributed by atoms with E-state index in [1.807, 2.05) is 48.5 Å². The molecule has 1 aliphatic rings. The van der Waals surface area contributed by atoms with Crippen molar-refractivity contribution in [2.45, 2.75) is 26.2 Å². The van der Waals surface area contributed by atoms with Crippen LogP contribution >= 0.6 is 0 Å². The third kappa shape index (κ3) is 4.44. The molecule has 1 unspecified atom stereocenters. The number of ether oxygens (including phenoxy) is 1. The maximum Gasteiger partial charge on any atom is 0.228 e. The molecule has 4 nitrogen and oxygen atoms in total. The highest BCUT2D eigenvalue weighted by Crippen LogP contribution is 2.30. The van der Waals surface area contributed by atoms with E-state index in [1.165, 1.54) is 0 Å². The highest BCUT2D eigenvalue weighted by molar-refractivity contribution is 5.97. The molecule has 1 atom stereocenters. The van der Waals surface area contributed by atoms with E-state index in [0.29, 0.717) is 0 Å². The molecule has 2 aromatic carbocycles. The van der Waals surface area contributed by atoms with Gasteiger partial charge in [0.15, 0.2) is 0 Å². The van der Waals surface area contributed by atoms with Crippen LogP contribution in [0.4, 0.5) is 5.69 Å². The molecule has 0 bridgehead atoms. The summed E-state index contributed by atoms with van der Waals surface area (Å²) in [6.45, 7) is 5.24. The quantitative estimate of drug-likeness (QED) is 0.836. The van der Waals surface area contributed by atoms with Crippen LogP contribution in [-0.4, -0.2) is 37.6 Å². The topological polar surface area (TPSA) is 41.6 Å². The monoisotopic (exact) mass is 352 g/mol. The summed E-state index contributed by atoms with van der Waals surface area (Å²) in [5.41, 5.74) is 2.97. The van der Waals surface area contributed by atoms with Crippen molar-refractivity contribution in [1.29, 1.82) is 0 Å². The number of amides is 1. The predicted octanol–water partition coefficient (Wildman–Crippen LogP) is 4.42. The van der Waals surface area contributed by atoms with E-state index in [9.17, 15) is 4.79 Å². The number of piperidine rings is 1. The van der Waals surface area contributed by atoms with Gasteiger partial charge in [-0.25, -0.2) is 0 Å². The van der Waals surface area contributed by atoms with Gasteiger partial charge in [0.2, 0.25) is 5.91 Å². The van der Waals surface area contributed by atoms with Gasteiger partial charge in [0.25, 0.3) is 0 Å². The molecule has 1 amide bonds. The van der Waals surface area contributed by atoms with Crippen LogP contribution in [0.25, 0.3) is 11.1 Å². The van der Waals surface area contributed by atoms with E-state index in [4.69, 9.17) is 4.74 Å². The van der Waals surface area contributed by atoms with Crippen LogP contribution in [0.2, 0.25) is 0 Å². The number of nitrogens with one attached hydrogen (secondary N) is 1. The highest BCUT2D eigenvalue weighted by atomic mass is 16.5. The molecule has 0 saturated carbocycles. The fourth-order valence-electron chi connectivity index (χ4n) is 3.64. The first kappa shape index (κ1) is 18.5. The van der Waals surface area contributed by atoms with E-state index >= 15 is 0 Å². The Bertz CT molecular complexity index is 725. The summed E-state index contributed by atoms with van der Waals surface area (Å²) in [6, 6.07) is 15.9. The number of anilines is 1. The second-order valence-electron chi connectivity index (χ2n) is 6.90. The maximum absolute atomic E-state index is 12.8. The SMILES string of the molecule is CCCN1CCCC(C(=O)Nc2ccccc2-c2ccc(OC)cc2)C1. The number of nitrogens with zero attached hydrogens (tertiary/aromatic N) is 1. The summed E-state index contributed by atoms with van der Waals surface area (Å²) < 4.78 is 5.23. The number of carbonyl (C=O) groups excluding carboxylic acids is 1. The van der Waals surface area contributed by atoms with Gasteiger partial charge >= 0.3 is 0 Å². The number of rotatable bonds is 6. The molecule has 0 aromatic heterocycles.